The van der Waals surface area contributed by atoms with Crippen molar-refractivity contribution in [3.05, 3.63) is 0 Å². The average Bonchev–Trinajstić information content (AvgIpc) is 3.48. The zero-order valence-electron chi connectivity index (χ0n) is 58.0. The van der Waals surface area contributed by atoms with E-state index in [4.69, 9.17) is 0 Å². The van der Waals surface area contributed by atoms with Gasteiger partial charge >= 0.3 is 0 Å². The van der Waals surface area contributed by atoms with Crippen LogP contribution in [0.4, 0.5) is 0 Å². The maximum atomic E-state index is 4.31. The fourth-order valence-corrected chi connectivity index (χ4v) is 14.0. The smallest absolute Gasteiger partial charge is 0.00979 e. The Hall–Kier alpha value is 0.350. The lowest BCUT2D eigenvalue weighted by atomic mass is 10.0. The van der Waals surface area contributed by atoms with Gasteiger partial charge in [-0.3, -0.25) is 0 Å². The average molecular weight is 1170 g/mol. The Bertz CT molecular complexity index is 939. The molecule has 0 saturated carbocycles. The molecule has 0 radical (unpaired) electrons. The van der Waals surface area contributed by atoms with Crippen LogP contribution in [0.5, 0.6) is 0 Å². The van der Waals surface area contributed by atoms with Gasteiger partial charge in [-0.1, -0.05) is 508 Å². The molecule has 0 bridgehead atoms. The number of unbranched alkanes of at least 4 members (excludes halogenated alkanes) is 78. The van der Waals surface area contributed by atoms with E-state index in [0.717, 1.165) is 5.75 Å². The zero-order chi connectivity index (χ0) is 58.6. The van der Waals surface area contributed by atoms with Gasteiger partial charge in [0.2, 0.25) is 0 Å². The Morgan fingerprint density at radius 1 is 0.0976 bits per heavy atom. The number of rotatable bonds is 79. The van der Waals surface area contributed by atoms with E-state index in [0.29, 0.717) is 0 Å². The van der Waals surface area contributed by atoms with Gasteiger partial charge in [0.15, 0.2) is 0 Å². The predicted octanol–water partition coefficient (Wildman–Crippen LogP) is 31.8. The summed E-state index contributed by atoms with van der Waals surface area (Å²) >= 11 is 4.31. The molecule has 0 N–H and O–H groups in total. The van der Waals surface area contributed by atoms with Crippen molar-refractivity contribution in [3.8, 4) is 0 Å². The molecule has 0 aromatic carbocycles. The third-order valence-corrected chi connectivity index (χ3v) is 20.1. The van der Waals surface area contributed by atoms with E-state index in [9.17, 15) is 0 Å². The molecule has 0 rings (SSSR count). The van der Waals surface area contributed by atoms with Gasteiger partial charge < -0.3 is 0 Å². The van der Waals surface area contributed by atoms with Crippen LogP contribution in [0, 0.1) is 0 Å². The van der Waals surface area contributed by atoms with Crippen molar-refractivity contribution in [3.63, 3.8) is 0 Å². The van der Waals surface area contributed by atoms with Gasteiger partial charge in [0.1, 0.15) is 0 Å². The third kappa shape index (κ3) is 80.3. The minimum absolute atomic E-state index is 1.07. The molecule has 0 aliphatic rings. The van der Waals surface area contributed by atoms with Crippen molar-refractivity contribution in [1.82, 2.24) is 0 Å². The molecule has 0 saturated heterocycles. The van der Waals surface area contributed by atoms with E-state index in [-0.39, 0.29) is 0 Å². The molecule has 494 valence electrons. The Kier molecular flexibility index (Phi) is 81.7. The van der Waals surface area contributed by atoms with Gasteiger partial charge in [-0.25, -0.2) is 0 Å². The monoisotopic (exact) mass is 1170 g/mol. The van der Waals surface area contributed by atoms with E-state index in [1.807, 2.05) is 0 Å². The Balaban J connectivity index is 3.08. The number of hydrogen-bond acceptors (Lipinski definition) is 1. The molecule has 1 heteroatoms. The summed E-state index contributed by atoms with van der Waals surface area (Å²) in [6, 6.07) is 0. The third-order valence-electron chi connectivity index (χ3n) is 19.8. The Morgan fingerprint density at radius 2 is 0.159 bits per heavy atom. The van der Waals surface area contributed by atoms with E-state index in [2.05, 4.69) is 19.6 Å². The van der Waals surface area contributed by atoms with Crippen LogP contribution < -0.4 is 0 Å². The minimum Gasteiger partial charge on any atom is -0.179 e. The Morgan fingerprint density at radius 3 is 0.220 bits per heavy atom. The maximum absolute atomic E-state index is 4.31. The number of thiol groups is 1. The van der Waals surface area contributed by atoms with Crippen molar-refractivity contribution in [2.24, 2.45) is 0 Å². The highest BCUT2D eigenvalue weighted by atomic mass is 32.1. The van der Waals surface area contributed by atoms with Gasteiger partial charge in [0, 0.05) is 0 Å². The van der Waals surface area contributed by atoms with Crippen LogP contribution in [-0.2, 0) is 0 Å². The molecule has 0 amide bonds. The summed E-state index contributed by atoms with van der Waals surface area (Å²) in [5.74, 6) is 1.07. The van der Waals surface area contributed by atoms with Crippen molar-refractivity contribution >= 4 is 12.6 Å². The van der Waals surface area contributed by atoms with Crippen LogP contribution in [0.3, 0.4) is 0 Å². The Labute approximate surface area is 529 Å². The highest BCUT2D eigenvalue weighted by molar-refractivity contribution is 7.80. The second-order valence-corrected chi connectivity index (χ2v) is 28.7. The van der Waals surface area contributed by atoms with Crippen LogP contribution in [0.25, 0.3) is 0 Å². The molecular formula is C81H164S. The molecule has 0 unspecified atom stereocenters. The zero-order valence-corrected chi connectivity index (χ0v) is 58.9. The maximum Gasteiger partial charge on any atom is -0.00979 e. The van der Waals surface area contributed by atoms with Gasteiger partial charge in [-0.05, 0) is 12.2 Å². The molecule has 0 spiro atoms. The summed E-state index contributed by atoms with van der Waals surface area (Å²) in [4.78, 5) is 0. The van der Waals surface area contributed by atoms with Gasteiger partial charge in [0.05, 0.1) is 0 Å². The normalized spacial score (nSPS) is 11.8. The second-order valence-electron chi connectivity index (χ2n) is 28.3. The molecule has 0 aromatic heterocycles. The topological polar surface area (TPSA) is 0 Å². The van der Waals surface area contributed by atoms with Crippen molar-refractivity contribution < 1.29 is 0 Å². The molecular weight excluding hydrogens is 1000 g/mol. The van der Waals surface area contributed by atoms with Crippen LogP contribution in [0.1, 0.15) is 514 Å². The first kappa shape index (κ1) is 82.3. The van der Waals surface area contributed by atoms with Crippen LogP contribution in [0.2, 0.25) is 0 Å². The molecule has 0 heterocycles. The molecule has 0 aromatic rings. The summed E-state index contributed by atoms with van der Waals surface area (Å²) in [5, 5.41) is 0. The summed E-state index contributed by atoms with van der Waals surface area (Å²) < 4.78 is 0. The molecule has 0 nitrogen and oxygen atoms in total. The fraction of sp³-hybridized carbons (Fsp3) is 1.00. The van der Waals surface area contributed by atoms with Gasteiger partial charge in [0.25, 0.3) is 0 Å². The summed E-state index contributed by atoms with van der Waals surface area (Å²) in [6.07, 6.45) is 118. The predicted molar refractivity (Wildman–Crippen MR) is 384 cm³/mol. The quantitative estimate of drug-likeness (QED) is 0.0455. The SMILES string of the molecule is CCCCCCCCCCCCCCCCCCCCCCCCCCCCCCCCCCCCCCCCCCCCCCCCCCCCCCCCCCCCCCCCCCCCCCCCCCCCCCCCCS. The first-order chi connectivity index (χ1) is 40.9. The highest BCUT2D eigenvalue weighted by Gasteiger charge is 2.02. The van der Waals surface area contributed by atoms with Crippen LogP contribution >= 0.6 is 12.6 Å². The fourth-order valence-electron chi connectivity index (χ4n) is 13.8. The van der Waals surface area contributed by atoms with E-state index < -0.39 is 0 Å². The minimum atomic E-state index is 1.07. The van der Waals surface area contributed by atoms with Gasteiger partial charge in [-0.2, -0.15) is 12.6 Å². The lowest BCUT2D eigenvalue weighted by molar-refractivity contribution is 0.505. The summed E-state index contributed by atoms with van der Waals surface area (Å²) in [5.41, 5.74) is 0. The molecule has 82 heavy (non-hydrogen) atoms. The van der Waals surface area contributed by atoms with Crippen molar-refractivity contribution in [2.45, 2.75) is 514 Å². The first-order valence-electron chi connectivity index (χ1n) is 40.5. The van der Waals surface area contributed by atoms with E-state index >= 15 is 0 Å². The standard InChI is InChI=1S/C81H164S/c1-2-3-4-5-6-7-8-9-10-11-12-13-14-15-16-17-18-19-20-21-22-23-24-25-26-27-28-29-30-31-32-33-34-35-36-37-38-39-40-41-42-43-44-45-46-47-48-49-50-51-52-53-54-55-56-57-58-59-60-61-62-63-64-65-66-67-68-69-70-71-72-73-74-75-76-77-78-79-80-81-82/h82H,2-81H2,1H3. The molecule has 0 aliphatic carbocycles. The lowest BCUT2D eigenvalue weighted by Crippen LogP contribution is -1.85. The van der Waals surface area contributed by atoms with Crippen molar-refractivity contribution in [1.29, 1.82) is 0 Å². The van der Waals surface area contributed by atoms with Gasteiger partial charge in [-0.15, -0.1) is 0 Å². The number of hydrogen-bond donors (Lipinski definition) is 1. The van der Waals surface area contributed by atoms with Crippen LogP contribution in [-0.4, -0.2) is 5.75 Å². The first-order valence-corrected chi connectivity index (χ1v) is 41.2. The summed E-state index contributed by atoms with van der Waals surface area (Å²) in [7, 11) is 0. The van der Waals surface area contributed by atoms with E-state index in [1.165, 1.54) is 507 Å². The molecule has 0 aliphatic heterocycles. The van der Waals surface area contributed by atoms with Crippen LogP contribution in [0.15, 0.2) is 0 Å². The summed E-state index contributed by atoms with van der Waals surface area (Å²) in [6.45, 7) is 2.32. The highest BCUT2D eigenvalue weighted by Crippen LogP contribution is 2.22. The van der Waals surface area contributed by atoms with Crippen molar-refractivity contribution in [2.75, 3.05) is 5.75 Å². The lowest BCUT2D eigenvalue weighted by Gasteiger charge is -2.05. The molecule has 0 fully saturated rings. The largest absolute Gasteiger partial charge is 0.179 e. The molecule has 0 atom stereocenters. The second kappa shape index (κ2) is 81.3. The van der Waals surface area contributed by atoms with E-state index in [1.54, 1.807) is 0 Å².